The molecule has 20 heavy (non-hydrogen) atoms. The summed E-state index contributed by atoms with van der Waals surface area (Å²) in [6, 6.07) is 8.36. The smallest absolute Gasteiger partial charge is 0.230 e. The molecule has 1 saturated carbocycles. The van der Waals surface area contributed by atoms with Crippen molar-refractivity contribution in [3.8, 4) is 0 Å². The van der Waals surface area contributed by atoms with Crippen LogP contribution in [0.5, 0.6) is 0 Å². The van der Waals surface area contributed by atoms with Gasteiger partial charge in [0, 0.05) is 18.7 Å². The fourth-order valence-electron chi connectivity index (χ4n) is 3.49. The normalized spacial score (nSPS) is 23.6. The summed E-state index contributed by atoms with van der Waals surface area (Å²) < 4.78 is 0. The molecule has 1 aliphatic carbocycles. The molecule has 1 aromatic carbocycles. The average Bonchev–Trinajstić information content (AvgIpc) is 3.19. The van der Waals surface area contributed by atoms with Gasteiger partial charge in [0.1, 0.15) is 0 Å². The maximum Gasteiger partial charge on any atom is 0.230 e. The number of carbonyl (C=O) groups excluding carboxylic acids is 1. The van der Waals surface area contributed by atoms with E-state index in [1.165, 1.54) is 5.56 Å². The third-order valence-electron chi connectivity index (χ3n) is 5.15. The van der Waals surface area contributed by atoms with Crippen LogP contribution < -0.4 is 10.2 Å². The number of rotatable bonds is 3. The largest absolute Gasteiger partial charge is 0.317 e. The lowest BCUT2D eigenvalue weighted by atomic mass is 9.91. The van der Waals surface area contributed by atoms with Gasteiger partial charge in [-0.3, -0.25) is 4.79 Å². The van der Waals surface area contributed by atoms with Crippen molar-refractivity contribution in [2.24, 2.45) is 11.3 Å². The summed E-state index contributed by atoms with van der Waals surface area (Å²) >= 11 is 0. The number of hydrogen-bond donors (Lipinski definition) is 1. The lowest BCUT2D eigenvalue weighted by Gasteiger charge is -2.25. The van der Waals surface area contributed by atoms with Crippen molar-refractivity contribution in [2.75, 3.05) is 25.0 Å². The summed E-state index contributed by atoms with van der Waals surface area (Å²) in [5.74, 6) is 0.552. The number of aryl methyl sites for hydroxylation is 1. The topological polar surface area (TPSA) is 32.3 Å². The molecule has 1 amide bonds. The second kappa shape index (κ2) is 5.21. The zero-order valence-corrected chi connectivity index (χ0v) is 12.5. The Labute approximate surface area is 121 Å². The maximum atomic E-state index is 12.6. The van der Waals surface area contributed by atoms with Gasteiger partial charge in [0.05, 0.1) is 0 Å². The number of hydrogen-bond acceptors (Lipinski definition) is 2. The zero-order chi connectivity index (χ0) is 14.2. The van der Waals surface area contributed by atoms with Gasteiger partial charge in [0.15, 0.2) is 0 Å². The molecule has 1 unspecified atom stereocenters. The van der Waals surface area contributed by atoms with Gasteiger partial charge < -0.3 is 10.2 Å². The van der Waals surface area contributed by atoms with Crippen LogP contribution in [-0.4, -0.2) is 26.0 Å². The molecule has 108 valence electrons. The number of anilines is 1. The molecule has 2 fully saturated rings. The van der Waals surface area contributed by atoms with Gasteiger partial charge in [-0.25, -0.2) is 0 Å². The first kappa shape index (κ1) is 13.6. The summed E-state index contributed by atoms with van der Waals surface area (Å²) in [7, 11) is 1.91. The second-order valence-electron chi connectivity index (χ2n) is 6.29. The molecule has 3 heteroatoms. The number of carbonyl (C=O) groups is 1. The molecule has 1 saturated heterocycles. The van der Waals surface area contributed by atoms with Crippen LogP contribution in [0.1, 0.15) is 31.7 Å². The third-order valence-corrected chi connectivity index (χ3v) is 5.15. The predicted octanol–water partition coefficient (Wildman–Crippen LogP) is 2.60. The van der Waals surface area contributed by atoms with Crippen LogP contribution >= 0.6 is 0 Å². The summed E-state index contributed by atoms with van der Waals surface area (Å²) in [4.78, 5) is 14.5. The molecular weight excluding hydrogens is 248 g/mol. The standard InChI is InChI=1S/C17H24N2O/c1-3-13-4-6-14(7-5-13)19(2)16(20)15-12-17(15)8-10-18-11-9-17/h4-7,15,18H,3,8-12H2,1-2H3. The zero-order valence-electron chi connectivity index (χ0n) is 12.5. The Bertz CT molecular complexity index is 488. The van der Waals surface area contributed by atoms with Crippen LogP contribution in [0.25, 0.3) is 0 Å². The fourth-order valence-corrected chi connectivity index (χ4v) is 3.49. The summed E-state index contributed by atoms with van der Waals surface area (Å²) in [5, 5.41) is 3.39. The van der Waals surface area contributed by atoms with Crippen molar-refractivity contribution in [2.45, 2.75) is 32.6 Å². The summed E-state index contributed by atoms with van der Waals surface area (Å²) in [6.07, 6.45) is 4.44. The van der Waals surface area contributed by atoms with Gasteiger partial charge in [-0.05, 0) is 61.9 Å². The minimum Gasteiger partial charge on any atom is -0.317 e. The molecule has 1 spiro atoms. The Morgan fingerprint density at radius 2 is 1.95 bits per heavy atom. The van der Waals surface area contributed by atoms with Gasteiger partial charge in [-0.15, -0.1) is 0 Å². The van der Waals surface area contributed by atoms with Crippen molar-refractivity contribution in [1.82, 2.24) is 5.32 Å². The van der Waals surface area contributed by atoms with E-state index >= 15 is 0 Å². The van der Waals surface area contributed by atoms with E-state index in [0.29, 0.717) is 11.3 Å². The number of amides is 1. The van der Waals surface area contributed by atoms with Crippen LogP contribution in [0.4, 0.5) is 5.69 Å². The Kier molecular flexibility index (Phi) is 3.55. The number of nitrogens with one attached hydrogen (secondary N) is 1. The van der Waals surface area contributed by atoms with E-state index in [4.69, 9.17) is 0 Å². The van der Waals surface area contributed by atoms with E-state index in [0.717, 1.165) is 44.5 Å². The van der Waals surface area contributed by atoms with Crippen LogP contribution in [0.15, 0.2) is 24.3 Å². The quantitative estimate of drug-likeness (QED) is 0.917. The van der Waals surface area contributed by atoms with Gasteiger partial charge in [-0.2, -0.15) is 0 Å². The molecule has 0 aromatic heterocycles. The van der Waals surface area contributed by atoms with E-state index in [-0.39, 0.29) is 5.92 Å². The maximum absolute atomic E-state index is 12.6. The SMILES string of the molecule is CCc1ccc(N(C)C(=O)C2CC23CCNCC3)cc1. The molecule has 0 radical (unpaired) electrons. The number of nitrogens with zero attached hydrogens (tertiary/aromatic N) is 1. The Morgan fingerprint density at radius 3 is 2.55 bits per heavy atom. The average molecular weight is 272 g/mol. The highest BCUT2D eigenvalue weighted by Crippen LogP contribution is 2.59. The lowest BCUT2D eigenvalue weighted by Crippen LogP contribution is -2.34. The van der Waals surface area contributed by atoms with E-state index in [1.54, 1.807) is 0 Å². The van der Waals surface area contributed by atoms with Crippen LogP contribution in [0.2, 0.25) is 0 Å². The first-order chi connectivity index (χ1) is 9.66. The minimum atomic E-state index is 0.250. The minimum absolute atomic E-state index is 0.250. The highest BCUT2D eigenvalue weighted by molar-refractivity contribution is 5.96. The molecule has 2 aliphatic rings. The molecular formula is C17H24N2O. The molecule has 1 aromatic rings. The van der Waals surface area contributed by atoms with Crippen molar-refractivity contribution >= 4 is 11.6 Å². The van der Waals surface area contributed by atoms with Gasteiger partial charge in [0.25, 0.3) is 0 Å². The van der Waals surface area contributed by atoms with Crippen molar-refractivity contribution < 1.29 is 4.79 Å². The van der Waals surface area contributed by atoms with E-state index < -0.39 is 0 Å². The van der Waals surface area contributed by atoms with Crippen molar-refractivity contribution in [3.63, 3.8) is 0 Å². The Morgan fingerprint density at radius 1 is 1.30 bits per heavy atom. The second-order valence-corrected chi connectivity index (χ2v) is 6.29. The highest BCUT2D eigenvalue weighted by Gasteiger charge is 2.58. The summed E-state index contributed by atoms with van der Waals surface area (Å²) in [5.41, 5.74) is 2.65. The van der Waals surface area contributed by atoms with E-state index in [1.807, 2.05) is 11.9 Å². The predicted molar refractivity (Wildman–Crippen MR) is 81.9 cm³/mol. The molecule has 3 rings (SSSR count). The lowest BCUT2D eigenvalue weighted by molar-refractivity contribution is -0.120. The van der Waals surface area contributed by atoms with Crippen LogP contribution in [-0.2, 0) is 11.2 Å². The van der Waals surface area contributed by atoms with Crippen LogP contribution in [0.3, 0.4) is 0 Å². The van der Waals surface area contributed by atoms with Gasteiger partial charge >= 0.3 is 0 Å². The Balaban J connectivity index is 1.68. The molecule has 1 aliphatic heterocycles. The first-order valence-corrected chi connectivity index (χ1v) is 7.73. The molecule has 1 N–H and O–H groups in total. The summed E-state index contributed by atoms with van der Waals surface area (Å²) in [6.45, 7) is 4.28. The van der Waals surface area contributed by atoms with E-state index in [9.17, 15) is 4.79 Å². The monoisotopic (exact) mass is 272 g/mol. The highest BCUT2D eigenvalue weighted by atomic mass is 16.2. The fraction of sp³-hybridized carbons (Fsp3) is 0.588. The number of piperidine rings is 1. The van der Waals surface area contributed by atoms with Gasteiger partial charge in [-0.1, -0.05) is 19.1 Å². The first-order valence-electron chi connectivity index (χ1n) is 7.73. The van der Waals surface area contributed by atoms with E-state index in [2.05, 4.69) is 36.5 Å². The molecule has 0 bridgehead atoms. The molecule has 1 heterocycles. The number of benzene rings is 1. The third kappa shape index (κ3) is 2.35. The van der Waals surface area contributed by atoms with Crippen molar-refractivity contribution in [3.05, 3.63) is 29.8 Å². The molecule has 1 atom stereocenters. The Hall–Kier alpha value is -1.35. The van der Waals surface area contributed by atoms with Crippen LogP contribution in [0, 0.1) is 11.3 Å². The van der Waals surface area contributed by atoms with Gasteiger partial charge in [0.2, 0.25) is 5.91 Å². The molecule has 3 nitrogen and oxygen atoms in total. The van der Waals surface area contributed by atoms with Crippen molar-refractivity contribution in [1.29, 1.82) is 0 Å².